The summed E-state index contributed by atoms with van der Waals surface area (Å²) in [7, 11) is 3.36. The lowest BCUT2D eigenvalue weighted by Gasteiger charge is -2.44. The van der Waals surface area contributed by atoms with E-state index in [1.165, 1.54) is 51.4 Å². The number of benzene rings is 1. The summed E-state index contributed by atoms with van der Waals surface area (Å²) in [5.74, 6) is 2.70. The van der Waals surface area contributed by atoms with E-state index in [0.29, 0.717) is 31.1 Å². The predicted octanol–water partition coefficient (Wildman–Crippen LogP) is 4.71. The molecule has 1 aromatic carbocycles. The van der Waals surface area contributed by atoms with Gasteiger partial charge in [-0.2, -0.15) is 0 Å². The molecule has 1 N–H and O–H groups in total. The van der Waals surface area contributed by atoms with Gasteiger partial charge in [-0.15, -0.1) is 0 Å². The Morgan fingerprint density at radius 3 is 2.49 bits per heavy atom. The zero-order valence-electron chi connectivity index (χ0n) is 21.6. The van der Waals surface area contributed by atoms with Gasteiger partial charge in [0.2, 0.25) is 5.91 Å². The van der Waals surface area contributed by atoms with Crippen LogP contribution in [0.2, 0.25) is 0 Å². The van der Waals surface area contributed by atoms with Crippen LogP contribution in [0.25, 0.3) is 0 Å². The predicted molar refractivity (Wildman–Crippen MR) is 134 cm³/mol. The maximum Gasteiger partial charge on any atom is 0.250 e. The van der Waals surface area contributed by atoms with E-state index in [1.54, 1.807) is 21.1 Å². The van der Waals surface area contributed by atoms with Crippen molar-refractivity contribution in [2.24, 2.45) is 5.92 Å². The van der Waals surface area contributed by atoms with Gasteiger partial charge < -0.3 is 19.7 Å². The van der Waals surface area contributed by atoms with Crippen molar-refractivity contribution in [3.8, 4) is 11.5 Å². The minimum Gasteiger partial charge on any atom is -0.497 e. The first-order valence-electron chi connectivity index (χ1n) is 13.2. The molecule has 1 heterocycles. The maximum absolute atomic E-state index is 13.3. The van der Waals surface area contributed by atoms with Crippen molar-refractivity contribution in [3.05, 3.63) is 23.8 Å². The highest BCUT2D eigenvalue weighted by molar-refractivity contribution is 5.79. The lowest BCUT2D eigenvalue weighted by Crippen LogP contribution is -2.52. The van der Waals surface area contributed by atoms with Crippen molar-refractivity contribution in [1.29, 1.82) is 0 Å². The van der Waals surface area contributed by atoms with E-state index in [9.17, 15) is 13.6 Å². The number of likely N-dealkylation sites (tertiary alicyclic amines) is 1. The molecule has 2 unspecified atom stereocenters. The highest BCUT2D eigenvalue weighted by Gasteiger charge is 2.38. The van der Waals surface area contributed by atoms with Crippen LogP contribution in [-0.2, 0) is 11.3 Å². The Bertz CT molecular complexity index is 789. The Labute approximate surface area is 209 Å². The number of nitrogens with zero attached hydrogens (tertiary/aromatic N) is 2. The van der Waals surface area contributed by atoms with Crippen molar-refractivity contribution in [3.63, 3.8) is 0 Å². The van der Waals surface area contributed by atoms with Crippen LogP contribution in [0.3, 0.4) is 0 Å². The lowest BCUT2D eigenvalue weighted by molar-refractivity contribution is -0.139. The minimum atomic E-state index is -2.21. The van der Waals surface area contributed by atoms with Crippen molar-refractivity contribution in [2.75, 3.05) is 40.4 Å². The van der Waals surface area contributed by atoms with Gasteiger partial charge in [-0.05, 0) is 57.1 Å². The number of carbonyl (C=O) groups is 1. The molecule has 8 heteroatoms. The molecule has 1 aromatic rings. The van der Waals surface area contributed by atoms with Gasteiger partial charge in [0.05, 0.1) is 27.3 Å². The first-order chi connectivity index (χ1) is 17.0. The van der Waals surface area contributed by atoms with E-state index in [2.05, 4.69) is 21.2 Å². The van der Waals surface area contributed by atoms with Crippen LogP contribution in [0.5, 0.6) is 11.5 Å². The van der Waals surface area contributed by atoms with Crippen LogP contribution < -0.4 is 14.8 Å². The number of rotatable bonds is 10. The fourth-order valence-electron chi connectivity index (χ4n) is 5.41. The fraction of sp³-hybridized carbons (Fsp3) is 0.741. The number of piperidine rings is 1. The normalized spacial score (nSPS) is 21.9. The first-order valence-corrected chi connectivity index (χ1v) is 13.2. The van der Waals surface area contributed by atoms with E-state index in [-0.39, 0.29) is 6.54 Å². The molecule has 2 aliphatic carbocycles. The summed E-state index contributed by atoms with van der Waals surface area (Å²) in [6, 6.07) is 6.99. The zero-order chi connectivity index (χ0) is 25.2. The Morgan fingerprint density at radius 2 is 1.86 bits per heavy atom. The highest BCUT2D eigenvalue weighted by Crippen LogP contribution is 2.36. The molecule has 3 aliphatic rings. The van der Waals surface area contributed by atoms with E-state index >= 15 is 0 Å². The Hall–Kier alpha value is -1.93. The molecule has 0 bridgehead atoms. The molecule has 1 saturated heterocycles. The van der Waals surface area contributed by atoms with E-state index in [1.807, 2.05) is 12.1 Å². The topological polar surface area (TPSA) is 54.0 Å². The largest absolute Gasteiger partial charge is 0.497 e. The number of hydrogen-bond acceptors (Lipinski definition) is 5. The number of amides is 1. The smallest absolute Gasteiger partial charge is 0.250 e. The van der Waals surface area contributed by atoms with E-state index < -0.39 is 6.43 Å². The zero-order valence-corrected chi connectivity index (χ0v) is 21.6. The molecule has 3 fully saturated rings. The second kappa shape index (κ2) is 14.0. The Balaban J connectivity index is 0.000000429. The molecule has 2 saturated carbocycles. The highest BCUT2D eigenvalue weighted by atomic mass is 19.3. The third-order valence-electron chi connectivity index (χ3n) is 7.38. The van der Waals surface area contributed by atoms with Crippen LogP contribution >= 0.6 is 0 Å². The molecule has 0 radical (unpaired) electrons. The van der Waals surface area contributed by atoms with Crippen LogP contribution in [0.1, 0.15) is 63.9 Å². The molecule has 6 nitrogen and oxygen atoms in total. The minimum absolute atomic E-state index is 0.184. The van der Waals surface area contributed by atoms with Crippen LogP contribution in [-0.4, -0.2) is 74.6 Å². The van der Waals surface area contributed by atoms with Crippen molar-refractivity contribution < 1.29 is 23.0 Å². The average Bonchev–Trinajstić information content (AvgIpc) is 3.73. The van der Waals surface area contributed by atoms with E-state index in [4.69, 9.17) is 9.47 Å². The van der Waals surface area contributed by atoms with Gasteiger partial charge in [0.1, 0.15) is 11.5 Å². The van der Waals surface area contributed by atoms with Crippen LogP contribution in [0.15, 0.2) is 18.2 Å². The first kappa shape index (κ1) is 27.7. The van der Waals surface area contributed by atoms with Gasteiger partial charge in [-0.1, -0.05) is 25.8 Å². The molecular formula is C27H43F2N3O3. The molecule has 1 amide bonds. The summed E-state index contributed by atoms with van der Waals surface area (Å²) >= 11 is 0. The molecule has 0 spiro atoms. The van der Waals surface area contributed by atoms with Gasteiger partial charge >= 0.3 is 0 Å². The van der Waals surface area contributed by atoms with Crippen molar-refractivity contribution >= 4 is 5.91 Å². The maximum atomic E-state index is 13.3. The number of methoxy groups -OCH3 is 2. The summed E-state index contributed by atoms with van der Waals surface area (Å²) < 4.78 is 33.2. The quantitative estimate of drug-likeness (QED) is 0.510. The Morgan fingerprint density at radius 1 is 1.11 bits per heavy atom. The molecule has 1 aliphatic heterocycles. The van der Waals surface area contributed by atoms with Gasteiger partial charge in [0, 0.05) is 36.8 Å². The molecule has 0 aromatic heterocycles. The molecule has 2 atom stereocenters. The van der Waals surface area contributed by atoms with Gasteiger partial charge in [-0.25, -0.2) is 8.78 Å². The number of ether oxygens (including phenoxy) is 2. The summed E-state index contributed by atoms with van der Waals surface area (Å²) in [6.07, 6.45) is 7.78. The second-order valence-corrected chi connectivity index (χ2v) is 9.85. The van der Waals surface area contributed by atoms with Gasteiger partial charge in [-0.3, -0.25) is 9.69 Å². The number of hydrogen-bond donors (Lipinski definition) is 1. The lowest BCUT2D eigenvalue weighted by atomic mass is 9.78. The van der Waals surface area contributed by atoms with Crippen molar-refractivity contribution in [2.45, 2.75) is 83.3 Å². The van der Waals surface area contributed by atoms with E-state index in [0.717, 1.165) is 36.1 Å². The summed E-state index contributed by atoms with van der Waals surface area (Å²) in [5.41, 5.74) is 1.12. The number of nitrogens with one attached hydrogen (secondary N) is 1. The number of fused-ring (bicyclic) bond motifs is 1. The second-order valence-electron chi connectivity index (χ2n) is 9.85. The molecule has 35 heavy (non-hydrogen) atoms. The monoisotopic (exact) mass is 495 g/mol. The SMILES string of the molecule is CCNCC(F)F.COc1ccc(CN(CC(=O)N2CCCC3CCCCC32)C2CC2)c(OC)c1. The summed E-state index contributed by atoms with van der Waals surface area (Å²) in [4.78, 5) is 17.9. The number of alkyl halides is 2. The third-order valence-corrected chi connectivity index (χ3v) is 7.38. The number of halogens is 2. The molecular weight excluding hydrogens is 452 g/mol. The van der Waals surface area contributed by atoms with Gasteiger partial charge in [0.25, 0.3) is 6.43 Å². The van der Waals surface area contributed by atoms with Crippen LogP contribution in [0.4, 0.5) is 8.78 Å². The standard InChI is InChI=1S/C23H34N2O3.C4H9F2N/c1-27-20-12-9-18(22(14-20)28-2)15-24(19-10-11-19)16-23(26)25-13-5-7-17-6-3-4-8-21(17)25;1-2-7-3-4(5)6/h9,12,14,17,19,21H,3-8,10-11,13,15-16H2,1-2H3;4,7H,2-3H2,1H3. The number of carbonyl (C=O) groups excluding carboxylic acids is 1. The third kappa shape index (κ3) is 8.31. The summed E-state index contributed by atoms with van der Waals surface area (Å²) in [6.45, 7) is 4.46. The average molecular weight is 496 g/mol. The van der Waals surface area contributed by atoms with Crippen LogP contribution in [0, 0.1) is 5.92 Å². The Kier molecular flexibility index (Phi) is 11.0. The van der Waals surface area contributed by atoms with Gasteiger partial charge in [0.15, 0.2) is 0 Å². The summed E-state index contributed by atoms with van der Waals surface area (Å²) in [5, 5.41) is 2.50. The molecule has 198 valence electrons. The fourth-order valence-corrected chi connectivity index (χ4v) is 5.41. The molecule has 4 rings (SSSR count). The van der Waals surface area contributed by atoms with Crippen molar-refractivity contribution in [1.82, 2.24) is 15.1 Å².